The Hall–Kier alpha value is -1.78. The normalized spacial score (nSPS) is 12.3. The Morgan fingerprint density at radius 1 is 1.26 bits per heavy atom. The number of rotatable bonds is 7. The summed E-state index contributed by atoms with van der Waals surface area (Å²) in [6.45, 7) is 1.25. The molecule has 1 unspecified atom stereocenters. The van der Waals surface area contributed by atoms with Gasteiger partial charge in [-0.05, 0) is 36.7 Å². The van der Waals surface area contributed by atoms with Crippen LogP contribution in [0, 0.1) is 0 Å². The molecule has 0 bridgehead atoms. The molecule has 1 atom stereocenters. The van der Waals surface area contributed by atoms with Crippen LogP contribution < -0.4 is 10.1 Å². The molecule has 1 aromatic heterocycles. The van der Waals surface area contributed by atoms with Crippen LogP contribution in [0.25, 0.3) is 0 Å². The first-order valence-electron chi connectivity index (χ1n) is 6.35. The van der Waals surface area contributed by atoms with E-state index in [2.05, 4.69) is 5.32 Å². The van der Waals surface area contributed by atoms with Gasteiger partial charge in [-0.15, -0.1) is 0 Å². The Morgan fingerprint density at radius 3 is 2.84 bits per heavy atom. The molecule has 102 valence electrons. The van der Waals surface area contributed by atoms with E-state index in [0.717, 1.165) is 24.3 Å². The third kappa shape index (κ3) is 3.84. The average molecular weight is 261 g/mol. The molecule has 0 radical (unpaired) electrons. The molecular weight excluding hydrogens is 242 g/mol. The summed E-state index contributed by atoms with van der Waals surface area (Å²) in [7, 11) is 1.67. The third-order valence-corrected chi connectivity index (χ3v) is 2.97. The molecule has 0 aliphatic carbocycles. The lowest BCUT2D eigenvalue weighted by atomic mass is 10.1. The van der Waals surface area contributed by atoms with Gasteiger partial charge in [-0.25, -0.2) is 0 Å². The second-order valence-electron chi connectivity index (χ2n) is 4.30. The molecule has 2 rings (SSSR count). The zero-order valence-electron chi connectivity index (χ0n) is 11.0. The first-order valence-corrected chi connectivity index (χ1v) is 6.35. The van der Waals surface area contributed by atoms with E-state index in [1.165, 1.54) is 0 Å². The minimum atomic E-state index is -0.604. The molecule has 0 saturated heterocycles. The van der Waals surface area contributed by atoms with Gasteiger partial charge in [0.05, 0.1) is 13.4 Å². The number of hydrogen-bond donors (Lipinski definition) is 2. The number of aliphatic hydroxyl groups is 1. The van der Waals surface area contributed by atoms with Crippen LogP contribution in [0.4, 0.5) is 0 Å². The van der Waals surface area contributed by atoms with Crippen LogP contribution in [-0.2, 0) is 6.42 Å². The second-order valence-corrected chi connectivity index (χ2v) is 4.30. The lowest BCUT2D eigenvalue weighted by molar-refractivity contribution is 0.148. The molecule has 0 aliphatic heterocycles. The maximum absolute atomic E-state index is 9.83. The molecule has 19 heavy (non-hydrogen) atoms. The molecule has 4 heteroatoms. The monoisotopic (exact) mass is 261 g/mol. The largest absolute Gasteiger partial charge is 0.496 e. The zero-order valence-corrected chi connectivity index (χ0v) is 11.0. The quantitative estimate of drug-likeness (QED) is 0.750. The van der Waals surface area contributed by atoms with Gasteiger partial charge in [0.1, 0.15) is 17.6 Å². The summed E-state index contributed by atoms with van der Waals surface area (Å²) >= 11 is 0. The lowest BCUT2D eigenvalue weighted by Gasteiger charge is -2.11. The summed E-state index contributed by atoms with van der Waals surface area (Å²) in [4.78, 5) is 0. The van der Waals surface area contributed by atoms with Crippen molar-refractivity contribution in [2.24, 2.45) is 0 Å². The Balaban J connectivity index is 1.75. The predicted octanol–water partition coefficient (Wildman–Crippen LogP) is 2.15. The predicted molar refractivity (Wildman–Crippen MR) is 73.2 cm³/mol. The van der Waals surface area contributed by atoms with Gasteiger partial charge in [0.25, 0.3) is 0 Å². The van der Waals surface area contributed by atoms with Crippen molar-refractivity contribution in [2.45, 2.75) is 12.5 Å². The first-order chi connectivity index (χ1) is 9.31. The number of methoxy groups -OCH3 is 1. The Bertz CT molecular complexity index is 482. The SMILES string of the molecule is COc1ccccc1CCNCC(O)c1ccco1. The topological polar surface area (TPSA) is 54.6 Å². The molecule has 2 aromatic rings. The van der Waals surface area contributed by atoms with E-state index in [-0.39, 0.29) is 0 Å². The van der Waals surface area contributed by atoms with Crippen molar-refractivity contribution in [3.8, 4) is 5.75 Å². The van der Waals surface area contributed by atoms with Gasteiger partial charge in [-0.2, -0.15) is 0 Å². The summed E-state index contributed by atoms with van der Waals surface area (Å²) in [5, 5.41) is 13.0. The van der Waals surface area contributed by atoms with Crippen LogP contribution >= 0.6 is 0 Å². The van der Waals surface area contributed by atoms with Crippen molar-refractivity contribution in [3.05, 3.63) is 54.0 Å². The average Bonchev–Trinajstić information content (AvgIpc) is 2.98. The summed E-state index contributed by atoms with van der Waals surface area (Å²) < 4.78 is 10.4. The van der Waals surface area contributed by atoms with E-state index in [4.69, 9.17) is 9.15 Å². The van der Waals surface area contributed by atoms with Crippen LogP contribution in [0.5, 0.6) is 5.75 Å². The summed E-state index contributed by atoms with van der Waals surface area (Å²) in [6, 6.07) is 11.5. The van der Waals surface area contributed by atoms with E-state index in [1.807, 2.05) is 24.3 Å². The van der Waals surface area contributed by atoms with Gasteiger partial charge in [-0.3, -0.25) is 0 Å². The van der Waals surface area contributed by atoms with Crippen molar-refractivity contribution in [3.63, 3.8) is 0 Å². The van der Waals surface area contributed by atoms with E-state index < -0.39 is 6.10 Å². The van der Waals surface area contributed by atoms with Crippen LogP contribution in [0.2, 0.25) is 0 Å². The first kappa shape index (κ1) is 13.6. The highest BCUT2D eigenvalue weighted by atomic mass is 16.5. The fourth-order valence-corrected chi connectivity index (χ4v) is 1.95. The maximum Gasteiger partial charge on any atom is 0.133 e. The highest BCUT2D eigenvalue weighted by Gasteiger charge is 2.09. The Morgan fingerprint density at radius 2 is 2.11 bits per heavy atom. The molecule has 0 fully saturated rings. The van der Waals surface area contributed by atoms with Gasteiger partial charge in [0.2, 0.25) is 0 Å². The highest BCUT2D eigenvalue weighted by molar-refractivity contribution is 5.33. The van der Waals surface area contributed by atoms with Gasteiger partial charge in [0, 0.05) is 6.54 Å². The molecular formula is C15H19NO3. The number of nitrogens with one attached hydrogen (secondary N) is 1. The zero-order chi connectivity index (χ0) is 13.5. The van der Waals surface area contributed by atoms with E-state index in [0.29, 0.717) is 12.3 Å². The fraction of sp³-hybridized carbons (Fsp3) is 0.333. The number of para-hydroxylation sites is 1. The van der Waals surface area contributed by atoms with Crippen molar-refractivity contribution < 1.29 is 14.3 Å². The minimum Gasteiger partial charge on any atom is -0.496 e. The van der Waals surface area contributed by atoms with Crippen LogP contribution in [0.15, 0.2) is 47.1 Å². The molecule has 2 N–H and O–H groups in total. The summed E-state index contributed by atoms with van der Waals surface area (Å²) in [5.74, 6) is 1.49. The number of hydrogen-bond acceptors (Lipinski definition) is 4. The lowest BCUT2D eigenvalue weighted by Crippen LogP contribution is -2.23. The Labute approximate surface area is 113 Å². The third-order valence-electron chi connectivity index (χ3n) is 2.97. The minimum absolute atomic E-state index is 0.475. The molecule has 0 aliphatic rings. The van der Waals surface area contributed by atoms with Gasteiger partial charge >= 0.3 is 0 Å². The van der Waals surface area contributed by atoms with Gasteiger partial charge in [0.15, 0.2) is 0 Å². The van der Waals surface area contributed by atoms with Crippen molar-refractivity contribution >= 4 is 0 Å². The number of ether oxygens (including phenoxy) is 1. The maximum atomic E-state index is 9.83. The number of aliphatic hydroxyl groups excluding tert-OH is 1. The molecule has 0 spiro atoms. The smallest absolute Gasteiger partial charge is 0.133 e. The molecule has 1 heterocycles. The number of benzene rings is 1. The standard InChI is InChI=1S/C15H19NO3/c1-18-14-6-3-2-5-12(14)8-9-16-11-13(17)15-7-4-10-19-15/h2-7,10,13,16-17H,8-9,11H2,1H3. The van der Waals surface area contributed by atoms with E-state index in [1.54, 1.807) is 25.5 Å². The van der Waals surface area contributed by atoms with Crippen LogP contribution in [0.3, 0.4) is 0 Å². The molecule has 0 saturated carbocycles. The van der Waals surface area contributed by atoms with Crippen molar-refractivity contribution in [1.82, 2.24) is 5.32 Å². The van der Waals surface area contributed by atoms with Crippen LogP contribution in [0.1, 0.15) is 17.4 Å². The van der Waals surface area contributed by atoms with Gasteiger partial charge in [-0.1, -0.05) is 18.2 Å². The van der Waals surface area contributed by atoms with Gasteiger partial charge < -0.3 is 19.6 Å². The van der Waals surface area contributed by atoms with Crippen molar-refractivity contribution in [1.29, 1.82) is 0 Å². The molecule has 0 amide bonds. The summed E-state index contributed by atoms with van der Waals surface area (Å²) in [5.41, 5.74) is 1.16. The second kappa shape index (κ2) is 6.97. The number of furan rings is 1. The molecule has 1 aromatic carbocycles. The van der Waals surface area contributed by atoms with Crippen LogP contribution in [-0.4, -0.2) is 25.3 Å². The van der Waals surface area contributed by atoms with Crippen molar-refractivity contribution in [2.75, 3.05) is 20.2 Å². The van der Waals surface area contributed by atoms with E-state index >= 15 is 0 Å². The Kier molecular flexibility index (Phi) is 5.01. The highest BCUT2D eigenvalue weighted by Crippen LogP contribution is 2.17. The molecule has 4 nitrogen and oxygen atoms in total. The summed E-state index contributed by atoms with van der Waals surface area (Å²) in [6.07, 6.45) is 1.81. The fourth-order valence-electron chi connectivity index (χ4n) is 1.95. The van der Waals surface area contributed by atoms with E-state index in [9.17, 15) is 5.11 Å².